The largest absolute Gasteiger partial charge is 0.462 e. The summed E-state index contributed by atoms with van der Waals surface area (Å²) in [5.41, 5.74) is 1.98. The number of aryl methyl sites for hydroxylation is 1. The van der Waals surface area contributed by atoms with Gasteiger partial charge < -0.3 is 9.64 Å². The van der Waals surface area contributed by atoms with E-state index in [1.165, 1.54) is 11.3 Å². The predicted molar refractivity (Wildman–Crippen MR) is 102 cm³/mol. The number of hydrogen-bond donors (Lipinski definition) is 0. The SMILES string of the molecule is CCOC(=O)c1sc2nc(Cl)nc(N(C)Cc3ccccc3)c2c1C. The number of esters is 1. The number of anilines is 1. The minimum absolute atomic E-state index is 0.166. The highest BCUT2D eigenvalue weighted by molar-refractivity contribution is 7.20. The first-order valence-electron chi connectivity index (χ1n) is 7.90. The predicted octanol–water partition coefficient (Wildman–Crippen LogP) is 4.47. The van der Waals surface area contributed by atoms with Crippen molar-refractivity contribution in [3.63, 3.8) is 0 Å². The number of rotatable bonds is 5. The summed E-state index contributed by atoms with van der Waals surface area (Å²) >= 11 is 7.40. The van der Waals surface area contributed by atoms with Gasteiger partial charge in [0.05, 0.1) is 12.0 Å². The van der Waals surface area contributed by atoms with Crippen LogP contribution in [0.2, 0.25) is 5.28 Å². The molecule has 7 heteroatoms. The van der Waals surface area contributed by atoms with Crippen LogP contribution in [0.25, 0.3) is 10.2 Å². The maximum Gasteiger partial charge on any atom is 0.348 e. The molecule has 0 aliphatic carbocycles. The third-order valence-corrected chi connectivity index (χ3v) is 5.16. The van der Waals surface area contributed by atoms with Crippen LogP contribution in [0.5, 0.6) is 0 Å². The molecule has 1 aromatic carbocycles. The van der Waals surface area contributed by atoms with Crippen molar-refractivity contribution in [3.05, 3.63) is 51.6 Å². The molecule has 2 aromatic heterocycles. The lowest BCUT2D eigenvalue weighted by molar-refractivity contribution is 0.0531. The molecular weight excluding hydrogens is 358 g/mol. The summed E-state index contributed by atoms with van der Waals surface area (Å²) in [6, 6.07) is 10.1. The van der Waals surface area contributed by atoms with E-state index in [0.29, 0.717) is 28.7 Å². The summed E-state index contributed by atoms with van der Waals surface area (Å²) in [5.74, 6) is 0.374. The number of aromatic nitrogens is 2. The van der Waals surface area contributed by atoms with Gasteiger partial charge in [0, 0.05) is 13.6 Å². The Bertz CT molecular complexity index is 912. The lowest BCUT2D eigenvalue weighted by Crippen LogP contribution is -2.18. The van der Waals surface area contributed by atoms with Crippen molar-refractivity contribution in [3.8, 4) is 0 Å². The minimum Gasteiger partial charge on any atom is -0.462 e. The van der Waals surface area contributed by atoms with Crippen LogP contribution in [-0.2, 0) is 11.3 Å². The van der Waals surface area contributed by atoms with Gasteiger partial charge >= 0.3 is 5.97 Å². The van der Waals surface area contributed by atoms with E-state index >= 15 is 0 Å². The molecule has 0 atom stereocenters. The fourth-order valence-corrected chi connectivity index (χ4v) is 3.98. The first kappa shape index (κ1) is 17.6. The number of ether oxygens (including phenoxy) is 1. The lowest BCUT2D eigenvalue weighted by atomic mass is 10.1. The normalized spacial score (nSPS) is 10.9. The lowest BCUT2D eigenvalue weighted by Gasteiger charge is -2.19. The number of nitrogens with zero attached hydrogens (tertiary/aromatic N) is 3. The first-order valence-corrected chi connectivity index (χ1v) is 9.09. The summed E-state index contributed by atoms with van der Waals surface area (Å²) in [7, 11) is 1.95. The van der Waals surface area contributed by atoms with Crippen molar-refractivity contribution < 1.29 is 9.53 Å². The maximum absolute atomic E-state index is 12.2. The Hall–Kier alpha value is -2.18. The van der Waals surface area contributed by atoms with Gasteiger partial charge in [0.15, 0.2) is 0 Å². The molecule has 0 saturated carbocycles. The monoisotopic (exact) mass is 375 g/mol. The Morgan fingerprint density at radius 2 is 2.00 bits per heavy atom. The highest BCUT2D eigenvalue weighted by Crippen LogP contribution is 2.36. The Balaban J connectivity index is 2.06. The van der Waals surface area contributed by atoms with E-state index in [4.69, 9.17) is 16.3 Å². The van der Waals surface area contributed by atoms with E-state index < -0.39 is 0 Å². The summed E-state index contributed by atoms with van der Waals surface area (Å²) in [6.07, 6.45) is 0. The molecule has 0 spiro atoms. The standard InChI is InChI=1S/C18H18ClN3O2S/c1-4-24-17(23)14-11(2)13-15(20-18(19)21-16(13)25-14)22(3)10-12-8-6-5-7-9-12/h5-9H,4,10H2,1-3H3. The molecule has 130 valence electrons. The van der Waals surface area contributed by atoms with Gasteiger partial charge in [-0.3, -0.25) is 0 Å². The number of benzene rings is 1. The minimum atomic E-state index is -0.337. The van der Waals surface area contributed by atoms with Gasteiger partial charge in [-0.1, -0.05) is 30.3 Å². The number of halogens is 1. The molecule has 0 N–H and O–H groups in total. The van der Waals surface area contributed by atoms with Gasteiger partial charge in [0.25, 0.3) is 0 Å². The van der Waals surface area contributed by atoms with E-state index in [1.54, 1.807) is 6.92 Å². The van der Waals surface area contributed by atoms with Gasteiger partial charge in [0.2, 0.25) is 5.28 Å². The number of fused-ring (bicyclic) bond motifs is 1. The Morgan fingerprint density at radius 1 is 1.28 bits per heavy atom. The number of thiophene rings is 1. The number of hydrogen-bond acceptors (Lipinski definition) is 6. The van der Waals surface area contributed by atoms with Gasteiger partial charge in [0.1, 0.15) is 15.5 Å². The molecule has 0 aliphatic rings. The van der Waals surface area contributed by atoms with E-state index in [2.05, 4.69) is 22.1 Å². The fourth-order valence-electron chi connectivity index (χ4n) is 2.69. The van der Waals surface area contributed by atoms with Crippen LogP contribution in [0.1, 0.15) is 27.7 Å². The van der Waals surface area contributed by atoms with Crippen LogP contribution in [-0.4, -0.2) is 29.6 Å². The maximum atomic E-state index is 12.2. The second kappa shape index (κ2) is 7.37. The van der Waals surface area contributed by atoms with Crippen LogP contribution in [0.4, 0.5) is 5.82 Å². The quantitative estimate of drug-likeness (QED) is 0.486. The average Bonchev–Trinajstić information content (AvgIpc) is 2.92. The fraction of sp³-hybridized carbons (Fsp3) is 0.278. The van der Waals surface area contributed by atoms with Crippen molar-refractivity contribution in [2.24, 2.45) is 0 Å². The summed E-state index contributed by atoms with van der Waals surface area (Å²) in [5, 5.41) is 1.01. The van der Waals surface area contributed by atoms with Crippen molar-refractivity contribution in [1.29, 1.82) is 0 Å². The molecule has 2 heterocycles. The number of carbonyl (C=O) groups is 1. The molecule has 25 heavy (non-hydrogen) atoms. The second-order valence-corrected chi connectivity index (χ2v) is 6.95. The van der Waals surface area contributed by atoms with Crippen LogP contribution in [0, 0.1) is 6.92 Å². The van der Waals surface area contributed by atoms with E-state index in [1.807, 2.05) is 37.1 Å². The molecule has 0 radical (unpaired) electrons. The molecule has 5 nitrogen and oxygen atoms in total. The number of carbonyl (C=O) groups excluding carboxylic acids is 1. The molecule has 0 fully saturated rings. The van der Waals surface area contributed by atoms with Gasteiger partial charge in [-0.2, -0.15) is 4.98 Å². The summed E-state index contributed by atoms with van der Waals surface area (Å²) in [4.78, 5) is 24.1. The molecule has 3 aromatic rings. The van der Waals surface area contributed by atoms with Gasteiger partial charge in [-0.25, -0.2) is 9.78 Å². The zero-order valence-electron chi connectivity index (χ0n) is 14.2. The van der Waals surface area contributed by atoms with Crippen molar-refractivity contribution in [2.45, 2.75) is 20.4 Å². The molecule has 0 aliphatic heterocycles. The van der Waals surface area contributed by atoms with Crippen molar-refractivity contribution in [1.82, 2.24) is 9.97 Å². The Kier molecular flexibility index (Phi) is 5.20. The van der Waals surface area contributed by atoms with E-state index in [9.17, 15) is 4.79 Å². The Labute approximate surface area is 155 Å². The first-order chi connectivity index (χ1) is 12.0. The highest BCUT2D eigenvalue weighted by atomic mass is 35.5. The van der Waals surface area contributed by atoms with Crippen LogP contribution in [0.15, 0.2) is 30.3 Å². The van der Waals surface area contributed by atoms with Gasteiger partial charge in [-0.15, -0.1) is 11.3 Å². The molecular formula is C18H18ClN3O2S. The van der Waals surface area contributed by atoms with Crippen LogP contribution >= 0.6 is 22.9 Å². The molecule has 0 unspecified atom stereocenters. The molecule has 0 bridgehead atoms. The third kappa shape index (κ3) is 3.60. The Morgan fingerprint density at radius 3 is 2.68 bits per heavy atom. The molecule has 3 rings (SSSR count). The second-order valence-electron chi connectivity index (χ2n) is 5.61. The van der Waals surface area contributed by atoms with Crippen molar-refractivity contribution in [2.75, 3.05) is 18.6 Å². The van der Waals surface area contributed by atoms with Crippen molar-refractivity contribution >= 4 is 44.9 Å². The van der Waals surface area contributed by atoms with Crippen LogP contribution < -0.4 is 4.90 Å². The summed E-state index contributed by atoms with van der Waals surface area (Å²) in [6.45, 7) is 4.69. The smallest absolute Gasteiger partial charge is 0.348 e. The summed E-state index contributed by atoms with van der Waals surface area (Å²) < 4.78 is 5.14. The average molecular weight is 376 g/mol. The molecule has 0 amide bonds. The van der Waals surface area contributed by atoms with E-state index in [-0.39, 0.29) is 11.3 Å². The third-order valence-electron chi connectivity index (χ3n) is 3.83. The van der Waals surface area contributed by atoms with Crippen LogP contribution in [0.3, 0.4) is 0 Å². The highest BCUT2D eigenvalue weighted by Gasteiger charge is 2.22. The zero-order valence-corrected chi connectivity index (χ0v) is 15.8. The van der Waals surface area contributed by atoms with E-state index in [0.717, 1.165) is 16.5 Å². The molecule has 0 saturated heterocycles. The van der Waals surface area contributed by atoms with Gasteiger partial charge in [-0.05, 0) is 36.6 Å². The topological polar surface area (TPSA) is 55.3 Å². The zero-order chi connectivity index (χ0) is 18.0.